The lowest BCUT2D eigenvalue weighted by atomic mass is 9.88. The van der Waals surface area contributed by atoms with Gasteiger partial charge in [-0.2, -0.15) is 0 Å². The number of nitrogens with zero attached hydrogens (tertiary/aromatic N) is 1. The molecule has 0 spiro atoms. The van der Waals surface area contributed by atoms with E-state index in [4.69, 9.17) is 6.58 Å². The van der Waals surface area contributed by atoms with Gasteiger partial charge in [0.05, 0.1) is 6.10 Å². The molecule has 3 heteroatoms. The molecule has 1 aliphatic rings. The highest BCUT2D eigenvalue weighted by Crippen LogP contribution is 2.31. The first-order chi connectivity index (χ1) is 13.8. The topological polar surface area (TPSA) is 35.5 Å². The van der Waals surface area contributed by atoms with Crippen molar-refractivity contribution in [1.29, 1.82) is 0 Å². The minimum absolute atomic E-state index is 0.0147. The number of likely N-dealkylation sites (N-methyl/N-ethyl adjacent to an activating group) is 1. The van der Waals surface area contributed by atoms with Crippen LogP contribution in [-0.4, -0.2) is 41.8 Å². The Labute approximate surface area is 176 Å². The molecule has 1 radical (unpaired) electrons. The maximum absolute atomic E-state index is 10.5. The Morgan fingerprint density at radius 1 is 1.14 bits per heavy atom. The molecule has 1 aliphatic carbocycles. The van der Waals surface area contributed by atoms with Crippen molar-refractivity contribution in [2.24, 2.45) is 5.92 Å². The van der Waals surface area contributed by atoms with Gasteiger partial charge in [0, 0.05) is 25.2 Å². The summed E-state index contributed by atoms with van der Waals surface area (Å²) in [6.45, 7) is 12.1. The van der Waals surface area contributed by atoms with Gasteiger partial charge in [-0.05, 0) is 68.3 Å². The van der Waals surface area contributed by atoms with Gasteiger partial charge in [0.2, 0.25) is 0 Å². The van der Waals surface area contributed by atoms with Crippen molar-refractivity contribution in [2.75, 3.05) is 20.1 Å². The SMILES string of the molecule is [CH]=Cc1ccc(CN(C)C[C@H](O)CNC(C)(C)CC2Cc3ccccc3C2)cc1. The maximum atomic E-state index is 10.5. The van der Waals surface area contributed by atoms with Crippen LogP contribution in [0.4, 0.5) is 0 Å². The summed E-state index contributed by atoms with van der Waals surface area (Å²) in [5.74, 6) is 0.684. The molecule has 0 fully saturated rings. The summed E-state index contributed by atoms with van der Waals surface area (Å²) < 4.78 is 0. The zero-order valence-corrected chi connectivity index (χ0v) is 18.1. The van der Waals surface area contributed by atoms with Crippen LogP contribution in [0.3, 0.4) is 0 Å². The molecular weight excluding hydrogens is 356 g/mol. The number of hydrogen-bond acceptors (Lipinski definition) is 3. The lowest BCUT2D eigenvalue weighted by Gasteiger charge is -2.31. The Hall–Kier alpha value is -1.94. The minimum atomic E-state index is -0.392. The van der Waals surface area contributed by atoms with Gasteiger partial charge in [0.1, 0.15) is 0 Å². The Balaban J connectivity index is 1.40. The number of benzene rings is 2. The van der Waals surface area contributed by atoms with E-state index in [9.17, 15) is 5.11 Å². The molecule has 0 heterocycles. The molecular formula is C26H35N2O. The number of aliphatic hydroxyl groups excluding tert-OH is 1. The second-order valence-corrected chi connectivity index (χ2v) is 9.27. The molecule has 2 aromatic carbocycles. The van der Waals surface area contributed by atoms with Gasteiger partial charge in [-0.3, -0.25) is 4.90 Å². The van der Waals surface area contributed by atoms with E-state index in [-0.39, 0.29) is 5.54 Å². The lowest BCUT2D eigenvalue weighted by Crippen LogP contribution is -2.47. The summed E-state index contributed by atoms with van der Waals surface area (Å²) >= 11 is 0. The summed E-state index contributed by atoms with van der Waals surface area (Å²) in [4.78, 5) is 2.16. The number of rotatable bonds is 10. The number of aliphatic hydroxyl groups is 1. The Morgan fingerprint density at radius 3 is 2.34 bits per heavy atom. The molecule has 0 saturated carbocycles. The molecule has 2 N–H and O–H groups in total. The van der Waals surface area contributed by atoms with E-state index in [2.05, 4.69) is 60.5 Å². The largest absolute Gasteiger partial charge is 0.390 e. The molecule has 0 unspecified atom stereocenters. The van der Waals surface area contributed by atoms with Crippen molar-refractivity contribution >= 4 is 6.08 Å². The van der Waals surface area contributed by atoms with Crippen molar-refractivity contribution in [3.63, 3.8) is 0 Å². The zero-order chi connectivity index (χ0) is 20.9. The Kier molecular flexibility index (Phi) is 7.28. The summed E-state index contributed by atoms with van der Waals surface area (Å²) in [6.07, 6.45) is 4.68. The maximum Gasteiger partial charge on any atom is 0.0791 e. The lowest BCUT2D eigenvalue weighted by molar-refractivity contribution is 0.110. The quantitative estimate of drug-likeness (QED) is 0.640. The highest BCUT2D eigenvalue weighted by molar-refractivity contribution is 5.45. The van der Waals surface area contributed by atoms with Crippen LogP contribution in [-0.2, 0) is 19.4 Å². The van der Waals surface area contributed by atoms with Crippen LogP contribution in [0.15, 0.2) is 48.5 Å². The molecule has 1 atom stereocenters. The molecule has 0 bridgehead atoms. The zero-order valence-electron chi connectivity index (χ0n) is 18.1. The van der Waals surface area contributed by atoms with Crippen molar-refractivity contribution < 1.29 is 5.11 Å². The first kappa shape index (κ1) is 21.8. The summed E-state index contributed by atoms with van der Waals surface area (Å²) in [7, 11) is 2.05. The van der Waals surface area contributed by atoms with Crippen LogP contribution >= 0.6 is 0 Å². The van der Waals surface area contributed by atoms with Gasteiger partial charge in [-0.1, -0.05) is 61.2 Å². The monoisotopic (exact) mass is 391 g/mol. The van der Waals surface area contributed by atoms with Gasteiger partial charge < -0.3 is 10.4 Å². The molecule has 0 aliphatic heterocycles. The Morgan fingerprint density at radius 2 is 1.76 bits per heavy atom. The van der Waals surface area contributed by atoms with Crippen LogP contribution in [0.2, 0.25) is 0 Å². The third kappa shape index (κ3) is 6.53. The highest BCUT2D eigenvalue weighted by atomic mass is 16.3. The van der Waals surface area contributed by atoms with E-state index in [1.807, 2.05) is 19.2 Å². The third-order valence-electron chi connectivity index (χ3n) is 5.90. The predicted octanol–water partition coefficient (Wildman–Crippen LogP) is 4.10. The minimum Gasteiger partial charge on any atom is -0.390 e. The number of β-amino-alcohol motifs (C(OH)–C–C–N with tert-alkyl or cyclic N) is 1. The molecule has 3 nitrogen and oxygen atoms in total. The molecule has 0 amide bonds. The molecule has 2 aromatic rings. The van der Waals surface area contributed by atoms with E-state index >= 15 is 0 Å². The van der Waals surface area contributed by atoms with Crippen LogP contribution < -0.4 is 5.32 Å². The van der Waals surface area contributed by atoms with Gasteiger partial charge >= 0.3 is 0 Å². The number of fused-ring (bicyclic) bond motifs is 1. The Bertz CT molecular complexity index is 772. The average molecular weight is 392 g/mol. The molecule has 29 heavy (non-hydrogen) atoms. The smallest absolute Gasteiger partial charge is 0.0791 e. The number of nitrogens with one attached hydrogen (secondary N) is 1. The van der Waals surface area contributed by atoms with Crippen LogP contribution in [0, 0.1) is 12.5 Å². The van der Waals surface area contributed by atoms with Crippen LogP contribution in [0.5, 0.6) is 0 Å². The van der Waals surface area contributed by atoms with Crippen LogP contribution in [0.25, 0.3) is 6.08 Å². The van der Waals surface area contributed by atoms with Gasteiger partial charge in [-0.25, -0.2) is 0 Å². The van der Waals surface area contributed by atoms with E-state index < -0.39 is 6.10 Å². The fourth-order valence-corrected chi connectivity index (χ4v) is 4.52. The van der Waals surface area contributed by atoms with Gasteiger partial charge in [0.15, 0.2) is 0 Å². The van der Waals surface area contributed by atoms with Crippen molar-refractivity contribution in [2.45, 2.75) is 51.3 Å². The van der Waals surface area contributed by atoms with Crippen molar-refractivity contribution in [3.05, 3.63) is 77.4 Å². The number of hydrogen-bond donors (Lipinski definition) is 2. The van der Waals surface area contributed by atoms with Gasteiger partial charge in [0.25, 0.3) is 0 Å². The summed E-state index contributed by atoms with van der Waals surface area (Å²) in [5, 5.41) is 14.1. The summed E-state index contributed by atoms with van der Waals surface area (Å²) in [6, 6.07) is 17.0. The molecule has 0 saturated heterocycles. The van der Waals surface area contributed by atoms with Crippen molar-refractivity contribution in [1.82, 2.24) is 10.2 Å². The average Bonchev–Trinajstić information content (AvgIpc) is 3.08. The van der Waals surface area contributed by atoms with Crippen LogP contribution in [0.1, 0.15) is 42.5 Å². The standard InChI is InChI=1S/C26H35N2O/c1-5-20-10-12-21(13-11-20)18-28(4)19-25(29)17-27-26(2,3)16-22-14-23-8-6-7-9-24(23)15-22/h1,5-13,22,25,27,29H,14-19H2,2-4H3/t25-/m1/s1. The van der Waals surface area contributed by atoms with E-state index in [0.29, 0.717) is 19.0 Å². The third-order valence-corrected chi connectivity index (χ3v) is 5.90. The fourth-order valence-electron chi connectivity index (χ4n) is 4.52. The molecule has 3 rings (SSSR count). The highest BCUT2D eigenvalue weighted by Gasteiger charge is 2.28. The van der Waals surface area contributed by atoms with E-state index in [0.717, 1.165) is 18.5 Å². The fraction of sp³-hybridized carbons (Fsp3) is 0.462. The molecule has 0 aromatic heterocycles. The first-order valence-corrected chi connectivity index (χ1v) is 10.7. The first-order valence-electron chi connectivity index (χ1n) is 10.7. The second-order valence-electron chi connectivity index (χ2n) is 9.27. The van der Waals surface area contributed by atoms with E-state index in [1.165, 1.54) is 29.5 Å². The summed E-state index contributed by atoms with van der Waals surface area (Å²) in [5.41, 5.74) is 5.27. The normalized spacial score (nSPS) is 15.5. The predicted molar refractivity (Wildman–Crippen MR) is 122 cm³/mol. The second kappa shape index (κ2) is 9.71. The van der Waals surface area contributed by atoms with E-state index in [1.54, 1.807) is 6.08 Å². The molecule has 155 valence electrons. The van der Waals surface area contributed by atoms with Crippen molar-refractivity contribution in [3.8, 4) is 0 Å². The van der Waals surface area contributed by atoms with Gasteiger partial charge in [-0.15, -0.1) is 0 Å².